The van der Waals surface area contributed by atoms with Gasteiger partial charge in [0.2, 0.25) is 5.91 Å². The first kappa shape index (κ1) is 29.1. The van der Waals surface area contributed by atoms with Gasteiger partial charge in [0, 0.05) is 25.6 Å². The van der Waals surface area contributed by atoms with E-state index in [2.05, 4.69) is 31.9 Å². The number of hydrogen-bond acceptors (Lipinski definition) is 4. The van der Waals surface area contributed by atoms with Crippen LogP contribution >= 0.6 is 39.3 Å². The Morgan fingerprint density at radius 2 is 1.62 bits per heavy atom. The number of halogens is 3. The summed E-state index contributed by atoms with van der Waals surface area (Å²) in [4.78, 5) is 39.1. The number of rotatable bonds is 9. The SMILES string of the molecule is O=C(CSc1cccc(NC(=O)/C(=C/c2ccc(Cl)cc2)NC(=O)c2ccccc2)c1)Nc1ccc(Br)cc1F. The van der Waals surface area contributed by atoms with E-state index in [1.807, 2.05) is 0 Å². The molecule has 202 valence electrons. The summed E-state index contributed by atoms with van der Waals surface area (Å²) < 4.78 is 14.6. The van der Waals surface area contributed by atoms with Crippen LogP contribution in [0.3, 0.4) is 0 Å². The lowest BCUT2D eigenvalue weighted by Gasteiger charge is -2.12. The Morgan fingerprint density at radius 1 is 0.875 bits per heavy atom. The average Bonchev–Trinajstić information content (AvgIpc) is 2.95. The molecule has 0 aliphatic heterocycles. The molecule has 4 rings (SSSR count). The molecule has 0 aliphatic rings. The molecule has 40 heavy (non-hydrogen) atoms. The van der Waals surface area contributed by atoms with Crippen LogP contribution in [0.2, 0.25) is 5.02 Å². The molecule has 4 aromatic carbocycles. The van der Waals surface area contributed by atoms with E-state index >= 15 is 0 Å². The lowest BCUT2D eigenvalue weighted by atomic mass is 10.1. The highest BCUT2D eigenvalue weighted by atomic mass is 79.9. The second-order valence-electron chi connectivity index (χ2n) is 8.37. The third-order valence-electron chi connectivity index (χ3n) is 5.38. The molecule has 0 atom stereocenters. The molecule has 0 unspecified atom stereocenters. The highest BCUT2D eigenvalue weighted by Crippen LogP contribution is 2.24. The molecule has 0 bridgehead atoms. The fraction of sp³-hybridized carbons (Fsp3) is 0.0333. The number of nitrogens with one attached hydrogen (secondary N) is 3. The van der Waals surface area contributed by atoms with Gasteiger partial charge in [-0.3, -0.25) is 14.4 Å². The summed E-state index contributed by atoms with van der Waals surface area (Å²) in [6, 6.07) is 26.7. The molecule has 0 heterocycles. The number of hydrogen-bond donors (Lipinski definition) is 3. The molecule has 0 aromatic heterocycles. The fourth-order valence-electron chi connectivity index (χ4n) is 3.46. The van der Waals surface area contributed by atoms with E-state index in [0.29, 0.717) is 31.2 Å². The summed E-state index contributed by atoms with van der Waals surface area (Å²) in [5.74, 6) is -1.86. The second-order valence-corrected chi connectivity index (χ2v) is 10.8. The van der Waals surface area contributed by atoms with E-state index in [9.17, 15) is 18.8 Å². The van der Waals surface area contributed by atoms with E-state index < -0.39 is 17.6 Å². The van der Waals surface area contributed by atoms with Crippen LogP contribution in [0.1, 0.15) is 15.9 Å². The van der Waals surface area contributed by atoms with Crippen molar-refractivity contribution < 1.29 is 18.8 Å². The topological polar surface area (TPSA) is 87.3 Å². The van der Waals surface area contributed by atoms with Crippen LogP contribution in [-0.2, 0) is 9.59 Å². The van der Waals surface area contributed by atoms with E-state index in [1.165, 1.54) is 23.9 Å². The molecule has 0 saturated carbocycles. The van der Waals surface area contributed by atoms with Crippen molar-refractivity contribution >= 4 is 74.5 Å². The van der Waals surface area contributed by atoms with Gasteiger partial charge >= 0.3 is 0 Å². The predicted octanol–water partition coefficient (Wildman–Crippen LogP) is 7.38. The Bertz CT molecular complexity index is 1570. The minimum absolute atomic E-state index is 0.0295. The summed E-state index contributed by atoms with van der Waals surface area (Å²) in [6.07, 6.45) is 1.55. The molecular weight excluding hydrogens is 617 g/mol. The van der Waals surface area contributed by atoms with Crippen LogP contribution in [0.5, 0.6) is 0 Å². The Hall–Kier alpha value is -3.92. The molecule has 0 spiro atoms. The quantitative estimate of drug-likeness (QED) is 0.132. The molecule has 0 saturated heterocycles. The highest BCUT2D eigenvalue weighted by Gasteiger charge is 2.16. The monoisotopic (exact) mass is 637 g/mol. The van der Waals surface area contributed by atoms with E-state index in [4.69, 9.17) is 11.6 Å². The second kappa shape index (κ2) is 13.9. The van der Waals surface area contributed by atoms with Crippen molar-refractivity contribution in [1.29, 1.82) is 0 Å². The van der Waals surface area contributed by atoms with Crippen LogP contribution in [0.15, 0.2) is 112 Å². The minimum Gasteiger partial charge on any atom is -0.323 e. The number of amides is 3. The number of carbonyl (C=O) groups is 3. The molecule has 10 heteroatoms. The average molecular weight is 639 g/mol. The fourth-order valence-corrected chi connectivity index (χ4v) is 4.67. The molecule has 4 aromatic rings. The van der Waals surface area contributed by atoms with Gasteiger partial charge < -0.3 is 16.0 Å². The molecule has 3 N–H and O–H groups in total. The third-order valence-corrected chi connectivity index (χ3v) is 7.12. The van der Waals surface area contributed by atoms with Crippen molar-refractivity contribution in [2.45, 2.75) is 4.90 Å². The maximum Gasteiger partial charge on any atom is 0.272 e. The Labute approximate surface area is 248 Å². The lowest BCUT2D eigenvalue weighted by Crippen LogP contribution is -2.30. The number of thioether (sulfide) groups is 1. The van der Waals surface area contributed by atoms with Crippen LogP contribution < -0.4 is 16.0 Å². The van der Waals surface area contributed by atoms with Crippen LogP contribution in [0.4, 0.5) is 15.8 Å². The van der Waals surface area contributed by atoms with Gasteiger partial charge in [-0.15, -0.1) is 11.8 Å². The Balaban J connectivity index is 1.44. The highest BCUT2D eigenvalue weighted by molar-refractivity contribution is 9.10. The minimum atomic E-state index is -0.542. The van der Waals surface area contributed by atoms with Crippen molar-refractivity contribution in [3.05, 3.63) is 129 Å². The third kappa shape index (κ3) is 8.54. The predicted molar refractivity (Wildman–Crippen MR) is 162 cm³/mol. The van der Waals surface area contributed by atoms with E-state index in [0.717, 1.165) is 0 Å². The smallest absolute Gasteiger partial charge is 0.272 e. The number of carbonyl (C=O) groups excluding carboxylic acids is 3. The first-order valence-corrected chi connectivity index (χ1v) is 14.1. The summed E-state index contributed by atoms with van der Waals surface area (Å²) in [5, 5.41) is 8.57. The van der Waals surface area contributed by atoms with Gasteiger partial charge in [-0.2, -0.15) is 0 Å². The van der Waals surface area contributed by atoms with Crippen molar-refractivity contribution in [2.75, 3.05) is 16.4 Å². The summed E-state index contributed by atoms with van der Waals surface area (Å²) in [6.45, 7) is 0. The zero-order chi connectivity index (χ0) is 28.5. The molecular formula is C30H22BrClFN3O3S. The van der Waals surface area contributed by atoms with Gasteiger partial charge in [0.1, 0.15) is 11.5 Å². The van der Waals surface area contributed by atoms with Crippen LogP contribution in [-0.4, -0.2) is 23.5 Å². The van der Waals surface area contributed by atoms with Gasteiger partial charge in [0.15, 0.2) is 0 Å². The maximum absolute atomic E-state index is 14.0. The van der Waals surface area contributed by atoms with Crippen molar-refractivity contribution in [3.63, 3.8) is 0 Å². The van der Waals surface area contributed by atoms with E-state index in [-0.39, 0.29) is 23.0 Å². The van der Waals surface area contributed by atoms with Crippen LogP contribution in [0, 0.1) is 5.82 Å². The van der Waals surface area contributed by atoms with E-state index in [1.54, 1.807) is 91.0 Å². The summed E-state index contributed by atoms with van der Waals surface area (Å²) >= 11 is 10.4. The largest absolute Gasteiger partial charge is 0.323 e. The molecule has 6 nitrogen and oxygen atoms in total. The Morgan fingerprint density at radius 3 is 2.35 bits per heavy atom. The summed E-state index contributed by atoms with van der Waals surface area (Å²) in [5.41, 5.74) is 1.65. The standard InChI is InChI=1S/C30H22BrClFN3O3S/c31-21-11-14-26(25(33)16-21)35-28(37)18-40-24-8-4-7-23(17-24)34-30(39)27(15-19-9-12-22(32)13-10-19)36-29(38)20-5-2-1-3-6-20/h1-17H,18H2,(H,34,39)(H,35,37)(H,36,38)/b27-15-. The van der Waals surface area contributed by atoms with Crippen molar-refractivity contribution in [2.24, 2.45) is 0 Å². The zero-order valence-electron chi connectivity index (χ0n) is 20.8. The van der Waals surface area contributed by atoms with Gasteiger partial charge in [0.25, 0.3) is 11.8 Å². The van der Waals surface area contributed by atoms with Crippen LogP contribution in [0.25, 0.3) is 6.08 Å². The lowest BCUT2D eigenvalue weighted by molar-refractivity contribution is -0.114. The zero-order valence-corrected chi connectivity index (χ0v) is 23.9. The van der Waals surface area contributed by atoms with Gasteiger partial charge in [-0.1, -0.05) is 63.9 Å². The van der Waals surface area contributed by atoms with Gasteiger partial charge in [-0.25, -0.2) is 4.39 Å². The number of anilines is 2. The summed E-state index contributed by atoms with van der Waals surface area (Å²) in [7, 11) is 0. The first-order valence-electron chi connectivity index (χ1n) is 11.9. The van der Waals surface area contributed by atoms with Crippen molar-refractivity contribution in [1.82, 2.24) is 5.32 Å². The first-order chi connectivity index (χ1) is 19.3. The molecule has 3 amide bonds. The normalized spacial score (nSPS) is 11.0. The van der Waals surface area contributed by atoms with Gasteiger partial charge in [0.05, 0.1) is 11.4 Å². The molecule has 0 radical (unpaired) electrons. The number of benzene rings is 4. The van der Waals surface area contributed by atoms with Crippen molar-refractivity contribution in [3.8, 4) is 0 Å². The Kier molecular flexibility index (Phi) is 10.1. The van der Waals surface area contributed by atoms with Gasteiger partial charge in [-0.05, 0) is 72.3 Å². The molecule has 0 fully saturated rings. The molecule has 0 aliphatic carbocycles. The maximum atomic E-state index is 14.0.